The van der Waals surface area contributed by atoms with Crippen molar-refractivity contribution < 1.29 is 19.2 Å². The number of esters is 1. The molecule has 0 aliphatic carbocycles. The Morgan fingerprint density at radius 2 is 1.24 bits per heavy atom. The second kappa shape index (κ2) is 12.3. The van der Waals surface area contributed by atoms with Gasteiger partial charge in [-0.15, -0.1) is 0 Å². The minimum atomic E-state index is -0.568. The summed E-state index contributed by atoms with van der Waals surface area (Å²) in [7, 11) is 5.22. The van der Waals surface area contributed by atoms with E-state index in [1.165, 1.54) is 12.7 Å². The Morgan fingerprint density at radius 1 is 0.778 bits per heavy atom. The van der Waals surface area contributed by atoms with Crippen molar-refractivity contribution in [3.8, 4) is 0 Å². The van der Waals surface area contributed by atoms with Crippen molar-refractivity contribution in [3.05, 3.63) is 104 Å². The van der Waals surface area contributed by atoms with Gasteiger partial charge in [0.05, 0.1) is 46.9 Å². The molecule has 10 nitrogen and oxygen atoms in total. The van der Waals surface area contributed by atoms with E-state index in [1.54, 1.807) is 0 Å². The van der Waals surface area contributed by atoms with Crippen molar-refractivity contribution in [3.63, 3.8) is 0 Å². The number of ether oxygens (including phenoxy) is 1. The van der Waals surface area contributed by atoms with Crippen LogP contribution in [0, 0.1) is 27.7 Å². The van der Waals surface area contributed by atoms with Gasteiger partial charge in [0.1, 0.15) is 0 Å². The number of oxime groups is 2. The summed E-state index contributed by atoms with van der Waals surface area (Å²) in [5.74, 6) is -0.348. The molecular formula is C34H39BrN6O4. The zero-order valence-electron chi connectivity index (χ0n) is 27.2. The summed E-state index contributed by atoms with van der Waals surface area (Å²) in [6, 6.07) is 16.0. The highest BCUT2D eigenvalue weighted by atomic mass is 79.9. The SMILES string of the molecule is COC(=O)c1cc(C2=NOC(C)(c3cc(C)nn3C)C2)ccc1C.Cc1cc(C2(C)CC(c3ccc(C)c(Br)c3)=NO2)n(C)n1. The molecule has 0 bridgehead atoms. The lowest BCUT2D eigenvalue weighted by Gasteiger charge is -2.21. The van der Waals surface area contributed by atoms with Crippen LogP contribution in [0.2, 0.25) is 0 Å². The first-order valence-corrected chi connectivity index (χ1v) is 15.5. The summed E-state index contributed by atoms with van der Waals surface area (Å²) < 4.78 is 9.63. The maximum Gasteiger partial charge on any atom is 0.338 e. The monoisotopic (exact) mass is 674 g/mol. The van der Waals surface area contributed by atoms with Crippen LogP contribution in [-0.2, 0) is 39.7 Å². The minimum Gasteiger partial charge on any atom is -0.465 e. The first kappa shape index (κ1) is 32.2. The topological polar surface area (TPSA) is 105 Å². The molecular weight excluding hydrogens is 636 g/mol. The molecule has 2 aliphatic heterocycles. The minimum absolute atomic E-state index is 0.348. The van der Waals surface area contributed by atoms with Crippen LogP contribution in [0.25, 0.3) is 0 Å². The van der Waals surface area contributed by atoms with Crippen LogP contribution >= 0.6 is 15.9 Å². The number of aromatic nitrogens is 4. The van der Waals surface area contributed by atoms with Gasteiger partial charge in [-0.05, 0) is 76.9 Å². The highest BCUT2D eigenvalue weighted by Crippen LogP contribution is 2.37. The molecule has 0 spiro atoms. The van der Waals surface area contributed by atoms with Crippen molar-refractivity contribution in [2.24, 2.45) is 24.4 Å². The average molecular weight is 676 g/mol. The molecule has 2 aliphatic rings. The van der Waals surface area contributed by atoms with Crippen molar-refractivity contribution in [2.45, 2.75) is 65.6 Å². The molecule has 2 aromatic carbocycles. The Kier molecular flexibility index (Phi) is 8.77. The van der Waals surface area contributed by atoms with Crippen molar-refractivity contribution >= 4 is 33.3 Å². The second-order valence-corrected chi connectivity index (χ2v) is 13.0. The molecule has 0 saturated heterocycles. The lowest BCUT2D eigenvalue weighted by atomic mass is 9.91. The molecule has 0 radical (unpaired) electrons. The van der Waals surface area contributed by atoms with E-state index in [0.717, 1.165) is 61.8 Å². The Balaban J connectivity index is 0.000000179. The second-order valence-electron chi connectivity index (χ2n) is 12.1. The summed E-state index contributed by atoms with van der Waals surface area (Å²) in [4.78, 5) is 23.4. The Morgan fingerprint density at radius 3 is 1.67 bits per heavy atom. The molecule has 2 atom stereocenters. The summed E-state index contributed by atoms with van der Waals surface area (Å²) in [6.45, 7) is 11.9. The molecule has 6 rings (SSSR count). The number of hydrogen-bond donors (Lipinski definition) is 0. The van der Waals surface area contributed by atoms with Crippen LogP contribution in [0.3, 0.4) is 0 Å². The number of rotatable bonds is 5. The maximum absolute atomic E-state index is 11.9. The average Bonchev–Trinajstić information content (AvgIpc) is 3.77. The Hall–Kier alpha value is -4.25. The van der Waals surface area contributed by atoms with Crippen molar-refractivity contribution in [1.29, 1.82) is 0 Å². The molecule has 11 heteroatoms. The first-order valence-electron chi connectivity index (χ1n) is 14.7. The molecule has 0 saturated carbocycles. The molecule has 2 aromatic heterocycles. The molecule has 2 unspecified atom stereocenters. The number of methoxy groups -OCH3 is 1. The van der Waals surface area contributed by atoms with Crippen molar-refractivity contribution in [2.75, 3.05) is 7.11 Å². The van der Waals surface area contributed by atoms with Gasteiger partial charge < -0.3 is 14.4 Å². The Bertz CT molecular complexity index is 1840. The molecule has 0 fully saturated rings. The number of nitrogens with zero attached hydrogens (tertiary/aromatic N) is 6. The first-order chi connectivity index (χ1) is 21.2. The van der Waals surface area contributed by atoms with Crippen LogP contribution in [0.15, 0.2) is 63.3 Å². The molecule has 4 heterocycles. The van der Waals surface area contributed by atoms with Crippen LogP contribution in [0.4, 0.5) is 0 Å². The van der Waals surface area contributed by atoms with Gasteiger partial charge in [-0.1, -0.05) is 50.5 Å². The number of halogens is 1. The predicted octanol–water partition coefficient (Wildman–Crippen LogP) is 6.70. The van der Waals surface area contributed by atoms with Gasteiger partial charge in [-0.25, -0.2) is 4.79 Å². The third-order valence-electron chi connectivity index (χ3n) is 8.29. The summed E-state index contributed by atoms with van der Waals surface area (Å²) in [6.07, 6.45) is 1.34. The fraction of sp³-hybridized carbons (Fsp3) is 0.382. The van der Waals surface area contributed by atoms with Gasteiger partial charge in [0.15, 0.2) is 11.2 Å². The Labute approximate surface area is 272 Å². The zero-order chi connectivity index (χ0) is 32.7. The highest BCUT2D eigenvalue weighted by Gasteiger charge is 2.40. The largest absolute Gasteiger partial charge is 0.465 e. The van der Waals surface area contributed by atoms with Gasteiger partial charge in [0.25, 0.3) is 0 Å². The lowest BCUT2D eigenvalue weighted by molar-refractivity contribution is -0.0137. The van der Waals surface area contributed by atoms with E-state index in [-0.39, 0.29) is 5.97 Å². The van der Waals surface area contributed by atoms with E-state index in [0.29, 0.717) is 12.0 Å². The third-order valence-corrected chi connectivity index (χ3v) is 9.15. The standard InChI is InChI=1S/C18H21N3O3.C16H18BrN3O/c1-11-6-7-13(9-14(11)17(22)23-5)15-10-18(3,24-20-15)16-8-12(2)19-21(16)4;1-10-5-6-12(8-13(10)17)14-9-16(3,21-19-14)15-7-11(2)18-20(15)4/h6-9H,10H2,1-5H3;5-8H,9H2,1-4H3. The normalized spacial score (nSPS) is 20.5. The van der Waals surface area contributed by atoms with Crippen LogP contribution < -0.4 is 0 Å². The van der Waals surface area contributed by atoms with E-state index in [9.17, 15) is 4.79 Å². The molecule has 45 heavy (non-hydrogen) atoms. The third kappa shape index (κ3) is 6.45. The highest BCUT2D eigenvalue weighted by molar-refractivity contribution is 9.10. The molecule has 0 amide bonds. The predicted molar refractivity (Wildman–Crippen MR) is 176 cm³/mol. The van der Waals surface area contributed by atoms with Gasteiger partial charge in [0.2, 0.25) is 0 Å². The van der Waals surface area contributed by atoms with Gasteiger partial charge in [0, 0.05) is 42.5 Å². The van der Waals surface area contributed by atoms with Gasteiger partial charge in [-0.2, -0.15) is 10.2 Å². The smallest absolute Gasteiger partial charge is 0.338 e. The van der Waals surface area contributed by atoms with Crippen LogP contribution in [0.1, 0.15) is 82.1 Å². The van der Waals surface area contributed by atoms with E-state index in [1.807, 2.05) is 75.4 Å². The van der Waals surface area contributed by atoms with E-state index in [2.05, 4.69) is 74.6 Å². The van der Waals surface area contributed by atoms with Crippen molar-refractivity contribution in [1.82, 2.24) is 19.6 Å². The van der Waals surface area contributed by atoms with E-state index >= 15 is 0 Å². The van der Waals surface area contributed by atoms with Crippen LogP contribution in [-0.4, -0.2) is 44.1 Å². The number of carbonyl (C=O) groups is 1. The van der Waals surface area contributed by atoms with E-state index in [4.69, 9.17) is 14.4 Å². The molecule has 0 N–H and O–H groups in total. The fourth-order valence-electron chi connectivity index (χ4n) is 5.78. The molecule has 4 aromatic rings. The number of aryl methyl sites for hydroxylation is 6. The van der Waals surface area contributed by atoms with Gasteiger partial charge >= 0.3 is 5.97 Å². The summed E-state index contributed by atoms with van der Waals surface area (Å²) in [5, 5.41) is 17.4. The van der Waals surface area contributed by atoms with Crippen LogP contribution in [0.5, 0.6) is 0 Å². The summed E-state index contributed by atoms with van der Waals surface area (Å²) in [5.41, 5.74) is 9.28. The van der Waals surface area contributed by atoms with Gasteiger partial charge in [-0.3, -0.25) is 9.36 Å². The quantitative estimate of drug-likeness (QED) is 0.218. The maximum atomic E-state index is 11.9. The number of carbonyl (C=O) groups excluding carboxylic acids is 1. The zero-order valence-corrected chi connectivity index (χ0v) is 28.8. The summed E-state index contributed by atoms with van der Waals surface area (Å²) >= 11 is 3.57. The number of benzene rings is 2. The molecule has 236 valence electrons. The number of hydrogen-bond acceptors (Lipinski definition) is 8. The lowest BCUT2D eigenvalue weighted by Crippen LogP contribution is -2.25. The fourth-order valence-corrected chi connectivity index (χ4v) is 6.16. The van der Waals surface area contributed by atoms with E-state index < -0.39 is 11.2 Å².